The van der Waals surface area contributed by atoms with Gasteiger partial charge in [-0.3, -0.25) is 4.90 Å². The monoisotopic (exact) mass is 743 g/mol. The molecule has 0 saturated carbocycles. The van der Waals surface area contributed by atoms with Crippen LogP contribution in [0.3, 0.4) is 0 Å². The van der Waals surface area contributed by atoms with Gasteiger partial charge in [0.05, 0.1) is 11.3 Å². The Labute approximate surface area is 323 Å². The smallest absolute Gasteiger partial charge is 0.337 e. The van der Waals surface area contributed by atoms with Crippen molar-refractivity contribution in [2.45, 2.75) is 118 Å². The van der Waals surface area contributed by atoms with E-state index in [0.29, 0.717) is 11.3 Å². The van der Waals surface area contributed by atoms with Crippen LogP contribution in [0.1, 0.15) is 113 Å². The van der Waals surface area contributed by atoms with Crippen molar-refractivity contribution in [2.75, 3.05) is 56.0 Å². The summed E-state index contributed by atoms with van der Waals surface area (Å²) < 4.78 is 6.40. The van der Waals surface area contributed by atoms with Gasteiger partial charge in [-0.25, -0.2) is 9.78 Å². The number of aliphatic carboxylic acids is 1. The van der Waals surface area contributed by atoms with Gasteiger partial charge in [0.25, 0.3) is 0 Å². The summed E-state index contributed by atoms with van der Waals surface area (Å²) in [4.78, 5) is 25.9. The molecule has 2 N–H and O–H groups in total. The molecule has 0 amide bonds. The van der Waals surface area contributed by atoms with Gasteiger partial charge in [0.15, 0.2) is 6.10 Å². The summed E-state index contributed by atoms with van der Waals surface area (Å²) in [6.45, 7) is 23.1. The molecule has 9 heteroatoms. The Hall–Kier alpha value is -3.17. The number of anilines is 2. The number of carbonyl (C=O) groups is 1. The molecule has 0 bridgehead atoms. The summed E-state index contributed by atoms with van der Waals surface area (Å²) in [6.07, 6.45) is 6.74. The number of rotatable bonds is 12. The zero-order chi connectivity index (χ0) is 37.9. The molecule has 0 unspecified atom stereocenters. The number of fused-ring (bicyclic) bond motifs is 1. The fraction of sp³-hybridized carbons (Fsp3) is 0.591. The average Bonchev–Trinajstić information content (AvgIpc) is 3.10. The number of carboxylic acids is 1. The highest BCUT2D eigenvalue weighted by Crippen LogP contribution is 2.47. The number of nitrogens with one attached hydrogen (secondary N) is 1. The van der Waals surface area contributed by atoms with Crippen molar-refractivity contribution < 1.29 is 14.6 Å². The van der Waals surface area contributed by atoms with Gasteiger partial charge in [0, 0.05) is 61.1 Å². The first-order valence-electron chi connectivity index (χ1n) is 19.9. The number of carboxylic acid groups (broad SMARTS) is 1. The molecule has 0 aliphatic carbocycles. The number of hydrogen-bond acceptors (Lipinski definition) is 7. The van der Waals surface area contributed by atoms with E-state index in [1.807, 2.05) is 39.8 Å². The highest BCUT2D eigenvalue weighted by atomic mass is 35.5. The zero-order valence-electron chi connectivity index (χ0n) is 33.3. The molecule has 2 fully saturated rings. The first-order chi connectivity index (χ1) is 25.2. The number of aryl methyl sites for hydroxylation is 2. The van der Waals surface area contributed by atoms with Crippen molar-refractivity contribution in [1.29, 1.82) is 0 Å². The molecule has 288 valence electrons. The van der Waals surface area contributed by atoms with Crippen LogP contribution in [-0.2, 0) is 29.0 Å². The van der Waals surface area contributed by atoms with Gasteiger partial charge in [-0.05, 0) is 132 Å². The van der Waals surface area contributed by atoms with E-state index >= 15 is 0 Å². The first kappa shape index (κ1) is 39.5. The van der Waals surface area contributed by atoms with Crippen LogP contribution in [-0.4, -0.2) is 77.3 Å². The number of piperidine rings is 2. The van der Waals surface area contributed by atoms with Gasteiger partial charge in [-0.1, -0.05) is 62.2 Å². The summed E-state index contributed by atoms with van der Waals surface area (Å²) >= 11 is 6.64. The normalized spacial score (nSPS) is 18.8. The maximum Gasteiger partial charge on any atom is 0.337 e. The second-order valence-electron chi connectivity index (χ2n) is 17.4. The molecule has 3 aliphatic rings. The summed E-state index contributed by atoms with van der Waals surface area (Å²) in [7, 11) is 0. The van der Waals surface area contributed by atoms with Gasteiger partial charge < -0.3 is 25.0 Å². The third-order valence-corrected chi connectivity index (χ3v) is 11.9. The molecule has 1 atom stereocenters. The molecular formula is C44H62ClN5O3. The van der Waals surface area contributed by atoms with E-state index in [2.05, 4.69) is 65.1 Å². The van der Waals surface area contributed by atoms with Crippen LogP contribution in [0, 0.1) is 19.3 Å². The Kier molecular flexibility index (Phi) is 12.4. The van der Waals surface area contributed by atoms with Gasteiger partial charge in [-0.2, -0.15) is 0 Å². The summed E-state index contributed by atoms with van der Waals surface area (Å²) in [5, 5.41) is 15.4. The number of pyridine rings is 1. The van der Waals surface area contributed by atoms with E-state index in [-0.39, 0.29) is 5.41 Å². The van der Waals surface area contributed by atoms with Crippen LogP contribution in [0.25, 0.3) is 11.1 Å². The van der Waals surface area contributed by atoms with Crippen LogP contribution in [0.2, 0.25) is 5.02 Å². The Bertz CT molecular complexity index is 1730. The van der Waals surface area contributed by atoms with Crippen molar-refractivity contribution in [1.82, 2.24) is 14.8 Å². The average molecular weight is 744 g/mol. The topological polar surface area (TPSA) is 81.2 Å². The van der Waals surface area contributed by atoms with E-state index in [1.165, 1.54) is 54.6 Å². The zero-order valence-corrected chi connectivity index (χ0v) is 34.0. The minimum absolute atomic E-state index is 0.225. The molecule has 3 aromatic rings. The lowest BCUT2D eigenvalue weighted by atomic mass is 9.81. The van der Waals surface area contributed by atoms with Crippen LogP contribution in [0.5, 0.6) is 0 Å². The maximum absolute atomic E-state index is 13.2. The predicted molar refractivity (Wildman–Crippen MR) is 218 cm³/mol. The molecule has 0 radical (unpaired) electrons. The van der Waals surface area contributed by atoms with E-state index in [9.17, 15) is 9.90 Å². The molecule has 53 heavy (non-hydrogen) atoms. The lowest BCUT2D eigenvalue weighted by Gasteiger charge is -2.41. The van der Waals surface area contributed by atoms with E-state index in [0.717, 1.165) is 99.2 Å². The maximum atomic E-state index is 13.2. The molecule has 4 heterocycles. The number of nitrogens with zero attached hydrogens (tertiary/aromatic N) is 4. The van der Waals surface area contributed by atoms with Gasteiger partial charge in [0.2, 0.25) is 0 Å². The molecule has 6 rings (SSSR count). The second-order valence-corrected chi connectivity index (χ2v) is 17.9. The van der Waals surface area contributed by atoms with E-state index in [1.54, 1.807) is 0 Å². The number of halogens is 1. The Morgan fingerprint density at radius 2 is 1.74 bits per heavy atom. The Balaban J connectivity index is 1.41. The third kappa shape index (κ3) is 9.74. The first-order valence-corrected chi connectivity index (χ1v) is 20.3. The molecule has 1 aromatic heterocycles. The van der Waals surface area contributed by atoms with Crippen LogP contribution >= 0.6 is 11.6 Å². The largest absolute Gasteiger partial charge is 0.479 e. The van der Waals surface area contributed by atoms with Gasteiger partial charge in [-0.15, -0.1) is 0 Å². The van der Waals surface area contributed by atoms with Crippen LogP contribution < -0.4 is 10.2 Å². The van der Waals surface area contributed by atoms with E-state index < -0.39 is 17.7 Å². The Morgan fingerprint density at radius 1 is 1.00 bits per heavy atom. The van der Waals surface area contributed by atoms with Gasteiger partial charge >= 0.3 is 5.97 Å². The van der Waals surface area contributed by atoms with E-state index in [4.69, 9.17) is 21.3 Å². The molecule has 2 saturated heterocycles. The van der Waals surface area contributed by atoms with Crippen molar-refractivity contribution in [2.24, 2.45) is 5.41 Å². The molecule has 2 aromatic carbocycles. The fourth-order valence-electron chi connectivity index (χ4n) is 8.35. The van der Waals surface area contributed by atoms with Gasteiger partial charge in [0.1, 0.15) is 5.82 Å². The summed E-state index contributed by atoms with van der Waals surface area (Å²) in [5.41, 5.74) is 9.02. The van der Waals surface area contributed by atoms with Crippen molar-refractivity contribution in [3.8, 4) is 11.1 Å². The summed E-state index contributed by atoms with van der Waals surface area (Å²) in [5.74, 6) is -0.160. The minimum atomic E-state index is -1.15. The highest BCUT2D eigenvalue weighted by Gasteiger charge is 2.37. The summed E-state index contributed by atoms with van der Waals surface area (Å²) in [6, 6.07) is 13.0. The lowest BCUT2D eigenvalue weighted by molar-refractivity contribution is -0.160. The minimum Gasteiger partial charge on any atom is -0.479 e. The molecule has 0 spiro atoms. The van der Waals surface area contributed by atoms with Crippen molar-refractivity contribution in [3.05, 3.63) is 74.9 Å². The molecule has 3 aliphatic heterocycles. The Morgan fingerprint density at radius 3 is 2.42 bits per heavy atom. The van der Waals surface area contributed by atoms with Crippen molar-refractivity contribution >= 4 is 29.1 Å². The SMILES string of the molecule is Cc1cccc(Cl)c1CN1CCc2cc(-c3c(NCCCN4CCCCC4)nc(C)c([C@H](OC(C)(C)C)C(=O)O)c3N3CCC(C)(C)CC3)ccc2C1. The quantitative estimate of drug-likeness (QED) is 0.178. The lowest BCUT2D eigenvalue weighted by Crippen LogP contribution is -2.39. The molecule has 8 nitrogen and oxygen atoms in total. The van der Waals surface area contributed by atoms with Crippen LogP contribution in [0.4, 0.5) is 11.5 Å². The number of likely N-dealkylation sites (tertiary alicyclic amines) is 1. The van der Waals surface area contributed by atoms with Crippen LogP contribution in [0.15, 0.2) is 36.4 Å². The number of aromatic nitrogens is 1. The number of hydrogen-bond donors (Lipinski definition) is 2. The third-order valence-electron chi connectivity index (χ3n) is 11.5. The number of benzene rings is 2. The van der Waals surface area contributed by atoms with Crippen molar-refractivity contribution in [3.63, 3.8) is 0 Å². The standard InChI is InChI=1S/C44H62ClN5O3/c1-30-13-11-14-36(45)35(30)29-49-24-17-32-27-33(15-16-34(32)28-49)38-39(50-25-18-44(6,7)19-26-50)37(40(42(51)52)53-43(3,4)5)31(2)47-41(38)46-20-12-23-48-21-9-8-10-22-48/h11,13-16,27,40H,8-10,12,17-26,28-29H2,1-7H3,(H,46,47)(H,51,52)/t40-/m0/s1. The predicted octanol–water partition coefficient (Wildman–Crippen LogP) is 9.43. The fourth-order valence-corrected chi connectivity index (χ4v) is 8.63. The number of ether oxygens (including phenoxy) is 1. The second kappa shape index (κ2) is 16.7. The highest BCUT2D eigenvalue weighted by molar-refractivity contribution is 6.31. The molecular weight excluding hydrogens is 682 g/mol.